The highest BCUT2D eigenvalue weighted by Crippen LogP contribution is 2.16. The summed E-state index contributed by atoms with van der Waals surface area (Å²) >= 11 is 10.9. The molecule has 0 heterocycles. The van der Waals surface area contributed by atoms with Crippen LogP contribution in [-0.2, 0) is 0 Å². The van der Waals surface area contributed by atoms with Crippen LogP contribution in [0.4, 0.5) is 0 Å². The lowest BCUT2D eigenvalue weighted by atomic mass is 10.1. The highest BCUT2D eigenvalue weighted by molar-refractivity contribution is 7.80. The first-order valence-electron chi connectivity index (χ1n) is 3.64. The van der Waals surface area contributed by atoms with Gasteiger partial charge in [0.25, 0.3) is 0 Å². The molecule has 0 aromatic heterocycles. The van der Waals surface area contributed by atoms with E-state index in [1.807, 2.05) is 25.1 Å². The quantitative estimate of drug-likeness (QED) is 0.585. The molecule has 0 aliphatic carbocycles. The third-order valence-corrected chi connectivity index (χ3v) is 2.49. The third kappa shape index (κ3) is 2.03. The van der Waals surface area contributed by atoms with Gasteiger partial charge in [0.1, 0.15) is 0 Å². The van der Waals surface area contributed by atoms with Crippen molar-refractivity contribution in [1.82, 2.24) is 0 Å². The molecule has 0 bridgehead atoms. The van der Waals surface area contributed by atoms with Crippen molar-refractivity contribution >= 4 is 28.7 Å². The van der Waals surface area contributed by atoms with E-state index in [9.17, 15) is 0 Å². The van der Waals surface area contributed by atoms with E-state index in [0.29, 0.717) is 6.54 Å². The van der Waals surface area contributed by atoms with Gasteiger partial charge < -0.3 is 5.73 Å². The maximum Gasteiger partial charge on any atom is 0.0435 e. The van der Waals surface area contributed by atoms with E-state index in [1.165, 1.54) is 0 Å². The third-order valence-electron chi connectivity index (χ3n) is 1.67. The van der Waals surface area contributed by atoms with Gasteiger partial charge in [-0.15, -0.1) is 0 Å². The van der Waals surface area contributed by atoms with Crippen LogP contribution in [0.25, 0.3) is 0 Å². The first-order chi connectivity index (χ1) is 5.65. The minimum Gasteiger partial charge on any atom is -0.326 e. The zero-order chi connectivity index (χ0) is 9.14. The lowest BCUT2D eigenvalue weighted by molar-refractivity contribution is 1.32. The molecule has 0 amide bonds. The van der Waals surface area contributed by atoms with Gasteiger partial charge in [0.05, 0.1) is 0 Å². The summed E-state index contributed by atoms with van der Waals surface area (Å²) in [5.74, 6) is 0. The van der Waals surface area contributed by atoms with E-state index in [1.54, 1.807) is 0 Å². The van der Waals surface area contributed by atoms with Crippen LogP contribution in [0.1, 0.15) is 11.1 Å². The van der Waals surface area contributed by atoms with Crippen molar-refractivity contribution in [3.8, 4) is 0 Å². The second-order valence-electron chi connectivity index (χ2n) is 2.59. The summed E-state index contributed by atoms with van der Waals surface area (Å²) in [6.45, 7) is 2.36. The predicted molar refractivity (Wildman–Crippen MR) is 56.9 cm³/mol. The Bertz CT molecular complexity index is 309. The Balaban J connectivity index is 3.05. The lowest BCUT2D eigenvalue weighted by Crippen LogP contribution is -2.12. The molecule has 0 spiro atoms. The number of aryl methyl sites for hydroxylation is 1. The number of hydrogen-bond acceptors (Lipinski definition) is 2. The number of nitrogens with two attached hydrogens (primary N) is 1. The maximum atomic E-state index is 5.85. The van der Waals surface area contributed by atoms with E-state index in [-0.39, 0.29) is 0 Å². The maximum absolute atomic E-state index is 5.85. The van der Waals surface area contributed by atoms with Gasteiger partial charge in [-0.3, -0.25) is 0 Å². The Morgan fingerprint density at radius 1 is 1.58 bits per heavy atom. The molecular weight excluding hydrogens is 190 g/mol. The van der Waals surface area contributed by atoms with Crippen LogP contribution in [0, 0.1) is 6.92 Å². The normalized spacial score (nSPS) is 9.92. The highest BCUT2D eigenvalue weighted by Gasteiger charge is 2.00. The Labute approximate surface area is 82.5 Å². The second-order valence-corrected chi connectivity index (χ2v) is 3.49. The fraction of sp³-hybridized carbons (Fsp3) is 0.222. The molecule has 0 unspecified atom stereocenters. The van der Waals surface area contributed by atoms with Gasteiger partial charge in [-0.2, -0.15) is 0 Å². The number of thiocarbonyl (C=S) groups is 1. The molecule has 0 saturated carbocycles. The van der Waals surface area contributed by atoms with Crippen LogP contribution in [0.2, 0.25) is 5.02 Å². The van der Waals surface area contributed by atoms with Crippen molar-refractivity contribution in [2.45, 2.75) is 6.92 Å². The van der Waals surface area contributed by atoms with Crippen LogP contribution in [0.3, 0.4) is 0 Å². The van der Waals surface area contributed by atoms with Crippen LogP contribution in [0.15, 0.2) is 18.2 Å². The van der Waals surface area contributed by atoms with E-state index in [2.05, 4.69) is 0 Å². The fourth-order valence-corrected chi connectivity index (χ4v) is 1.18. The fourth-order valence-electron chi connectivity index (χ4n) is 0.936. The summed E-state index contributed by atoms with van der Waals surface area (Å²) in [4.78, 5) is 0.773. The topological polar surface area (TPSA) is 26.0 Å². The van der Waals surface area contributed by atoms with Crippen molar-refractivity contribution in [3.63, 3.8) is 0 Å². The molecule has 0 aliphatic heterocycles. The monoisotopic (exact) mass is 199 g/mol. The number of hydrogen-bond donors (Lipinski definition) is 1. The summed E-state index contributed by atoms with van der Waals surface area (Å²) in [6.07, 6.45) is 0. The Hall–Kier alpha value is -0.440. The van der Waals surface area contributed by atoms with Gasteiger partial charge in [-0.25, -0.2) is 0 Å². The average Bonchev–Trinajstić information content (AvgIpc) is 2.08. The summed E-state index contributed by atoms with van der Waals surface area (Å²) in [7, 11) is 0. The minimum atomic E-state index is 0.413. The number of benzene rings is 1. The first-order valence-corrected chi connectivity index (χ1v) is 4.43. The molecule has 0 radical (unpaired) electrons. The van der Waals surface area contributed by atoms with E-state index < -0.39 is 0 Å². The average molecular weight is 200 g/mol. The van der Waals surface area contributed by atoms with E-state index in [0.717, 1.165) is 21.0 Å². The molecule has 2 N–H and O–H groups in total. The molecule has 0 aliphatic rings. The molecule has 1 nitrogen and oxygen atoms in total. The van der Waals surface area contributed by atoms with Crippen molar-refractivity contribution in [2.24, 2.45) is 5.73 Å². The zero-order valence-electron chi connectivity index (χ0n) is 6.80. The van der Waals surface area contributed by atoms with E-state index in [4.69, 9.17) is 29.6 Å². The molecule has 0 fully saturated rings. The van der Waals surface area contributed by atoms with Gasteiger partial charge in [0.2, 0.25) is 0 Å². The van der Waals surface area contributed by atoms with Crippen molar-refractivity contribution < 1.29 is 0 Å². The van der Waals surface area contributed by atoms with Gasteiger partial charge in [0.15, 0.2) is 0 Å². The Morgan fingerprint density at radius 2 is 2.25 bits per heavy atom. The SMILES string of the molecule is Cc1cc(C(=S)CN)ccc1Cl. The van der Waals surface area contributed by atoms with Crippen LogP contribution in [0.5, 0.6) is 0 Å². The molecule has 0 atom stereocenters. The Kier molecular flexibility index (Phi) is 3.20. The van der Waals surface area contributed by atoms with Crippen LogP contribution in [-0.4, -0.2) is 11.4 Å². The highest BCUT2D eigenvalue weighted by atomic mass is 35.5. The summed E-state index contributed by atoms with van der Waals surface area (Å²) in [6, 6.07) is 5.69. The second kappa shape index (κ2) is 3.99. The minimum absolute atomic E-state index is 0.413. The first kappa shape index (κ1) is 9.65. The summed E-state index contributed by atoms with van der Waals surface area (Å²) in [5, 5.41) is 0.763. The molecule has 64 valence electrons. The van der Waals surface area contributed by atoms with Crippen LogP contribution < -0.4 is 5.73 Å². The van der Waals surface area contributed by atoms with Gasteiger partial charge >= 0.3 is 0 Å². The Morgan fingerprint density at radius 3 is 2.75 bits per heavy atom. The zero-order valence-corrected chi connectivity index (χ0v) is 8.38. The number of halogens is 1. The predicted octanol–water partition coefficient (Wildman–Crippen LogP) is 2.33. The number of rotatable bonds is 2. The van der Waals surface area contributed by atoms with Crippen molar-refractivity contribution in [3.05, 3.63) is 34.3 Å². The standard InChI is InChI=1S/C9H10ClNS/c1-6-4-7(9(12)5-11)2-3-8(6)10/h2-4H,5,11H2,1H3. The molecule has 1 aromatic carbocycles. The molecular formula is C9H10ClNS. The molecule has 3 heteroatoms. The van der Waals surface area contributed by atoms with Crippen LogP contribution >= 0.6 is 23.8 Å². The molecule has 1 aromatic rings. The summed E-state index contributed by atoms with van der Waals surface area (Å²) < 4.78 is 0. The largest absolute Gasteiger partial charge is 0.326 e. The molecule has 1 rings (SSSR count). The summed E-state index contributed by atoms with van der Waals surface area (Å²) in [5.41, 5.74) is 7.45. The van der Waals surface area contributed by atoms with Gasteiger partial charge in [0, 0.05) is 16.4 Å². The van der Waals surface area contributed by atoms with E-state index >= 15 is 0 Å². The molecule has 12 heavy (non-hydrogen) atoms. The van der Waals surface area contributed by atoms with Gasteiger partial charge in [-0.1, -0.05) is 29.9 Å². The smallest absolute Gasteiger partial charge is 0.0435 e. The van der Waals surface area contributed by atoms with Crippen molar-refractivity contribution in [1.29, 1.82) is 0 Å². The molecule has 0 saturated heterocycles. The van der Waals surface area contributed by atoms with Gasteiger partial charge in [-0.05, 0) is 30.2 Å². The van der Waals surface area contributed by atoms with Crippen molar-refractivity contribution in [2.75, 3.05) is 6.54 Å². The lowest BCUT2D eigenvalue weighted by Gasteiger charge is -2.03.